The van der Waals surface area contributed by atoms with Crippen LogP contribution in [0.1, 0.15) is 11.1 Å². The Morgan fingerprint density at radius 1 is 1.57 bits per heavy atom. The van der Waals surface area contributed by atoms with Gasteiger partial charge in [0, 0.05) is 5.56 Å². The van der Waals surface area contributed by atoms with Gasteiger partial charge in [-0.15, -0.1) is 0 Å². The summed E-state index contributed by atoms with van der Waals surface area (Å²) in [5.74, 6) is 5.82. The topological polar surface area (TPSA) is 64.7 Å². The molecule has 0 aromatic heterocycles. The van der Waals surface area contributed by atoms with E-state index in [1.54, 1.807) is 19.2 Å². The first-order valence-corrected chi connectivity index (χ1v) is 4.11. The summed E-state index contributed by atoms with van der Waals surface area (Å²) >= 11 is 0. The Hall–Kier alpha value is -1.84. The first-order valence-electron chi connectivity index (χ1n) is 4.11. The van der Waals surface area contributed by atoms with E-state index in [2.05, 4.69) is 5.10 Å². The summed E-state index contributed by atoms with van der Waals surface area (Å²) in [6, 6.07) is 5.34. The van der Waals surface area contributed by atoms with Crippen LogP contribution >= 0.6 is 0 Å². The molecule has 0 fully saturated rings. The van der Waals surface area contributed by atoms with Crippen molar-refractivity contribution in [1.82, 2.24) is 0 Å². The number of hydrazone groups is 1. The average molecular weight is 192 g/mol. The molecule has 0 radical (unpaired) electrons. The van der Waals surface area contributed by atoms with Gasteiger partial charge in [-0.2, -0.15) is 5.10 Å². The molecule has 0 unspecified atom stereocenters. The lowest BCUT2D eigenvalue weighted by Gasteiger charge is -2.05. The van der Waals surface area contributed by atoms with Gasteiger partial charge in [0.1, 0.15) is 11.5 Å². The standard InChI is InChI=1S/C10H12N2O2/c1-7-5-8(14-2)3-4-9(7)10(6-13)12-11/h3-6H,11H2,1-2H3/b12-10-. The molecule has 0 amide bonds. The highest BCUT2D eigenvalue weighted by Crippen LogP contribution is 2.16. The number of hydrogen-bond acceptors (Lipinski definition) is 4. The van der Waals surface area contributed by atoms with Crippen molar-refractivity contribution in [3.05, 3.63) is 29.3 Å². The van der Waals surface area contributed by atoms with Gasteiger partial charge < -0.3 is 10.6 Å². The van der Waals surface area contributed by atoms with E-state index in [1.165, 1.54) is 0 Å². The smallest absolute Gasteiger partial charge is 0.170 e. The zero-order chi connectivity index (χ0) is 10.6. The number of ether oxygens (including phenoxy) is 1. The molecular formula is C10H12N2O2. The van der Waals surface area contributed by atoms with E-state index in [9.17, 15) is 4.79 Å². The van der Waals surface area contributed by atoms with Crippen molar-refractivity contribution in [2.24, 2.45) is 10.9 Å². The molecule has 14 heavy (non-hydrogen) atoms. The molecule has 2 N–H and O–H groups in total. The van der Waals surface area contributed by atoms with Gasteiger partial charge in [-0.05, 0) is 30.7 Å². The molecule has 0 aliphatic carbocycles. The third kappa shape index (κ3) is 1.90. The van der Waals surface area contributed by atoms with Crippen LogP contribution in [0.2, 0.25) is 0 Å². The molecule has 4 nitrogen and oxygen atoms in total. The van der Waals surface area contributed by atoms with E-state index in [4.69, 9.17) is 10.6 Å². The third-order valence-electron chi connectivity index (χ3n) is 1.96. The molecule has 0 atom stereocenters. The predicted molar refractivity (Wildman–Crippen MR) is 54.5 cm³/mol. The van der Waals surface area contributed by atoms with Crippen LogP contribution in [-0.2, 0) is 4.79 Å². The lowest BCUT2D eigenvalue weighted by Crippen LogP contribution is -2.07. The fraction of sp³-hybridized carbons (Fsp3) is 0.200. The summed E-state index contributed by atoms with van der Waals surface area (Å²) in [7, 11) is 1.59. The van der Waals surface area contributed by atoms with E-state index in [0.29, 0.717) is 6.29 Å². The van der Waals surface area contributed by atoms with E-state index in [-0.39, 0.29) is 5.71 Å². The number of nitrogens with zero attached hydrogens (tertiary/aromatic N) is 1. The number of methoxy groups -OCH3 is 1. The normalized spacial score (nSPS) is 11.1. The second-order valence-electron chi connectivity index (χ2n) is 2.81. The Kier molecular flexibility index (Phi) is 3.23. The Balaban J connectivity index is 3.17. The van der Waals surface area contributed by atoms with Gasteiger partial charge in [0.25, 0.3) is 0 Å². The minimum Gasteiger partial charge on any atom is -0.497 e. The minimum absolute atomic E-state index is 0.241. The largest absolute Gasteiger partial charge is 0.497 e. The van der Waals surface area contributed by atoms with E-state index in [0.717, 1.165) is 16.9 Å². The maximum absolute atomic E-state index is 10.6. The molecule has 0 bridgehead atoms. The molecule has 1 aromatic rings. The minimum atomic E-state index is 0.241. The zero-order valence-electron chi connectivity index (χ0n) is 8.15. The molecule has 4 heteroatoms. The quantitative estimate of drug-likeness (QED) is 0.334. The van der Waals surface area contributed by atoms with Gasteiger partial charge in [-0.3, -0.25) is 4.79 Å². The third-order valence-corrected chi connectivity index (χ3v) is 1.96. The fourth-order valence-corrected chi connectivity index (χ4v) is 1.21. The van der Waals surface area contributed by atoms with Crippen molar-refractivity contribution in [2.75, 3.05) is 7.11 Å². The number of aryl methyl sites for hydroxylation is 1. The number of carbonyl (C=O) groups is 1. The highest BCUT2D eigenvalue weighted by atomic mass is 16.5. The lowest BCUT2D eigenvalue weighted by atomic mass is 10.0. The van der Waals surface area contributed by atoms with E-state index in [1.807, 2.05) is 13.0 Å². The van der Waals surface area contributed by atoms with Crippen LogP contribution in [0.15, 0.2) is 23.3 Å². The Morgan fingerprint density at radius 3 is 2.71 bits per heavy atom. The molecule has 1 rings (SSSR count). The molecule has 0 spiro atoms. The summed E-state index contributed by atoms with van der Waals surface area (Å²) in [5.41, 5.74) is 1.87. The SMILES string of the molecule is COc1ccc(/C(C=O)=N\N)c(C)c1. The van der Waals surface area contributed by atoms with Crippen LogP contribution in [0.25, 0.3) is 0 Å². The average Bonchev–Trinajstić information content (AvgIpc) is 2.22. The van der Waals surface area contributed by atoms with Crippen LogP contribution in [0.3, 0.4) is 0 Å². The maximum atomic E-state index is 10.6. The van der Waals surface area contributed by atoms with Gasteiger partial charge in [0.15, 0.2) is 6.29 Å². The molecule has 0 heterocycles. The van der Waals surface area contributed by atoms with Gasteiger partial charge in [0.05, 0.1) is 7.11 Å². The van der Waals surface area contributed by atoms with Crippen molar-refractivity contribution in [3.63, 3.8) is 0 Å². The number of nitrogens with two attached hydrogens (primary N) is 1. The highest BCUT2D eigenvalue weighted by molar-refractivity contribution is 6.36. The second kappa shape index (κ2) is 4.41. The Labute approximate surface area is 82.4 Å². The number of hydrogen-bond donors (Lipinski definition) is 1. The fourth-order valence-electron chi connectivity index (χ4n) is 1.21. The molecule has 0 aliphatic heterocycles. The summed E-state index contributed by atoms with van der Waals surface area (Å²) < 4.78 is 5.04. The van der Waals surface area contributed by atoms with Crippen molar-refractivity contribution in [2.45, 2.75) is 6.92 Å². The van der Waals surface area contributed by atoms with Crippen LogP contribution < -0.4 is 10.6 Å². The summed E-state index contributed by atoms with van der Waals surface area (Å²) in [5, 5.41) is 3.40. The first kappa shape index (κ1) is 10.2. The summed E-state index contributed by atoms with van der Waals surface area (Å²) in [6.07, 6.45) is 0.634. The van der Waals surface area contributed by atoms with Crippen LogP contribution in [0, 0.1) is 6.92 Å². The van der Waals surface area contributed by atoms with Gasteiger partial charge >= 0.3 is 0 Å². The van der Waals surface area contributed by atoms with Gasteiger partial charge in [0.2, 0.25) is 0 Å². The first-order chi connectivity index (χ1) is 6.72. The van der Waals surface area contributed by atoms with E-state index >= 15 is 0 Å². The van der Waals surface area contributed by atoms with Gasteiger partial charge in [-0.25, -0.2) is 0 Å². The van der Waals surface area contributed by atoms with Crippen molar-refractivity contribution >= 4 is 12.0 Å². The van der Waals surface area contributed by atoms with Crippen LogP contribution in [-0.4, -0.2) is 19.1 Å². The lowest BCUT2D eigenvalue weighted by molar-refractivity contribution is -0.102. The van der Waals surface area contributed by atoms with Crippen molar-refractivity contribution < 1.29 is 9.53 Å². The summed E-state index contributed by atoms with van der Waals surface area (Å²) in [4.78, 5) is 10.6. The van der Waals surface area contributed by atoms with Crippen LogP contribution in [0.5, 0.6) is 5.75 Å². The Bertz CT molecular complexity index is 372. The molecular weight excluding hydrogens is 180 g/mol. The number of rotatable bonds is 3. The van der Waals surface area contributed by atoms with E-state index < -0.39 is 0 Å². The number of aldehydes is 1. The number of carbonyl (C=O) groups excluding carboxylic acids is 1. The predicted octanol–water partition coefficient (Wildman–Crippen LogP) is 0.865. The van der Waals surface area contributed by atoms with Crippen molar-refractivity contribution in [3.8, 4) is 5.75 Å². The monoisotopic (exact) mass is 192 g/mol. The molecule has 0 saturated carbocycles. The molecule has 1 aromatic carbocycles. The molecule has 0 saturated heterocycles. The molecule has 74 valence electrons. The second-order valence-corrected chi connectivity index (χ2v) is 2.81. The number of benzene rings is 1. The van der Waals surface area contributed by atoms with Gasteiger partial charge in [-0.1, -0.05) is 0 Å². The zero-order valence-corrected chi connectivity index (χ0v) is 8.15. The molecule has 0 aliphatic rings. The van der Waals surface area contributed by atoms with Crippen molar-refractivity contribution in [1.29, 1.82) is 0 Å². The summed E-state index contributed by atoms with van der Waals surface area (Å²) in [6.45, 7) is 1.87. The maximum Gasteiger partial charge on any atom is 0.170 e. The Morgan fingerprint density at radius 2 is 2.29 bits per heavy atom. The highest BCUT2D eigenvalue weighted by Gasteiger charge is 2.06. The van der Waals surface area contributed by atoms with Crippen LogP contribution in [0.4, 0.5) is 0 Å².